The predicted octanol–water partition coefficient (Wildman–Crippen LogP) is 1.87. The summed E-state index contributed by atoms with van der Waals surface area (Å²) in [7, 11) is 0. The van der Waals surface area contributed by atoms with E-state index >= 15 is 0 Å². The average Bonchev–Trinajstić information content (AvgIpc) is 2.80. The van der Waals surface area contributed by atoms with Crippen molar-refractivity contribution < 1.29 is 4.79 Å². The Labute approximate surface area is 104 Å². The Kier molecular flexibility index (Phi) is 4.71. The largest absolute Gasteiger partial charge is 0.383 e. The van der Waals surface area contributed by atoms with Gasteiger partial charge in [0.25, 0.3) is 0 Å². The molecular formula is C11H14N4OS. The zero-order chi connectivity index (χ0) is 12.8. The van der Waals surface area contributed by atoms with Gasteiger partial charge >= 0.3 is 0 Å². The van der Waals surface area contributed by atoms with Crippen molar-refractivity contribution in [2.75, 3.05) is 5.73 Å². The third-order valence-corrected chi connectivity index (χ3v) is 3.16. The molecule has 0 aromatic carbocycles. The molecule has 5 nitrogen and oxygen atoms in total. The van der Waals surface area contributed by atoms with Crippen LogP contribution in [0.5, 0.6) is 0 Å². The molecule has 2 rings (SSSR count). The molecule has 2 aromatic rings. The number of hydrogen-bond acceptors (Lipinski definition) is 6. The van der Waals surface area contributed by atoms with Gasteiger partial charge in [-0.3, -0.25) is 0 Å². The molecule has 0 radical (unpaired) electrons. The lowest BCUT2D eigenvalue weighted by atomic mass is 10.2. The fraction of sp³-hybridized carbons (Fsp3) is 0.273. The van der Waals surface area contributed by atoms with Crippen LogP contribution in [0.25, 0.3) is 10.6 Å². The molecule has 0 bridgehead atoms. The van der Waals surface area contributed by atoms with Gasteiger partial charge in [-0.2, -0.15) is 0 Å². The van der Waals surface area contributed by atoms with E-state index in [1.807, 2.05) is 25.8 Å². The third kappa shape index (κ3) is 3.07. The van der Waals surface area contributed by atoms with Gasteiger partial charge in [0, 0.05) is 5.69 Å². The molecule has 6 heteroatoms. The standard InChI is InChI=1S/C10H12N4S.CH2O/c1-3-8-13-14-10(15-8)7-5-4-6(2)12-9(7)11;1-2/h4-5H,3H2,1-2H3,(H2,11,12);1H2. The molecule has 0 aliphatic carbocycles. The second kappa shape index (κ2) is 6.05. The lowest BCUT2D eigenvalue weighted by molar-refractivity contribution is -0.0979. The van der Waals surface area contributed by atoms with E-state index in [4.69, 9.17) is 10.5 Å². The highest BCUT2D eigenvalue weighted by atomic mass is 32.1. The van der Waals surface area contributed by atoms with Gasteiger partial charge in [0.05, 0.1) is 5.56 Å². The number of anilines is 1. The van der Waals surface area contributed by atoms with E-state index in [1.54, 1.807) is 11.3 Å². The van der Waals surface area contributed by atoms with E-state index in [0.717, 1.165) is 27.7 Å². The molecule has 0 spiro atoms. The molecule has 2 N–H and O–H groups in total. The van der Waals surface area contributed by atoms with Gasteiger partial charge in [-0.05, 0) is 25.5 Å². The molecule has 0 atom stereocenters. The van der Waals surface area contributed by atoms with Gasteiger partial charge in [-0.1, -0.05) is 18.3 Å². The number of nitrogens with zero attached hydrogens (tertiary/aromatic N) is 3. The van der Waals surface area contributed by atoms with Crippen LogP contribution >= 0.6 is 11.3 Å². The van der Waals surface area contributed by atoms with Crippen LogP contribution in [0.1, 0.15) is 17.6 Å². The highest BCUT2D eigenvalue weighted by molar-refractivity contribution is 7.14. The van der Waals surface area contributed by atoms with Gasteiger partial charge in [0.1, 0.15) is 17.6 Å². The Hall–Kier alpha value is -1.82. The van der Waals surface area contributed by atoms with Crippen LogP contribution < -0.4 is 5.73 Å². The van der Waals surface area contributed by atoms with Crippen molar-refractivity contribution in [2.45, 2.75) is 20.3 Å². The molecule has 0 saturated heterocycles. The molecule has 2 heterocycles. The number of aryl methyl sites for hydroxylation is 2. The molecule has 17 heavy (non-hydrogen) atoms. The summed E-state index contributed by atoms with van der Waals surface area (Å²) in [5.74, 6) is 0.522. The Morgan fingerprint density at radius 2 is 2.06 bits per heavy atom. The highest BCUT2D eigenvalue weighted by Gasteiger charge is 2.09. The van der Waals surface area contributed by atoms with Crippen molar-refractivity contribution in [1.29, 1.82) is 0 Å². The maximum Gasteiger partial charge on any atom is 0.151 e. The maximum atomic E-state index is 8.00. The van der Waals surface area contributed by atoms with Gasteiger partial charge in [-0.25, -0.2) is 4.98 Å². The summed E-state index contributed by atoms with van der Waals surface area (Å²) in [6.07, 6.45) is 0.900. The van der Waals surface area contributed by atoms with Crippen LogP contribution in [0.3, 0.4) is 0 Å². The Balaban J connectivity index is 0.000000686. The number of carbonyl (C=O) groups excluding carboxylic acids is 1. The fourth-order valence-corrected chi connectivity index (χ4v) is 2.08. The number of nitrogen functional groups attached to an aromatic ring is 1. The number of hydrogen-bond donors (Lipinski definition) is 1. The van der Waals surface area contributed by atoms with Gasteiger partial charge < -0.3 is 10.5 Å². The van der Waals surface area contributed by atoms with Gasteiger partial charge in [0.2, 0.25) is 0 Å². The number of pyridine rings is 1. The second-order valence-corrected chi connectivity index (χ2v) is 4.30. The quantitative estimate of drug-likeness (QED) is 0.879. The SMILES string of the molecule is C=O.CCc1nnc(-c2ccc(C)nc2N)s1. The van der Waals surface area contributed by atoms with Crippen molar-refractivity contribution in [3.8, 4) is 10.6 Å². The molecule has 0 unspecified atom stereocenters. The van der Waals surface area contributed by atoms with Gasteiger partial charge in [-0.15, -0.1) is 10.2 Å². The summed E-state index contributed by atoms with van der Waals surface area (Å²) in [5.41, 5.74) is 7.62. The summed E-state index contributed by atoms with van der Waals surface area (Å²) >= 11 is 1.56. The minimum atomic E-state index is 0.522. The Bertz CT molecular complexity index is 498. The molecule has 0 fully saturated rings. The first kappa shape index (κ1) is 13.2. The van der Waals surface area contributed by atoms with Crippen LogP contribution in [0.15, 0.2) is 12.1 Å². The number of rotatable bonds is 2. The van der Waals surface area contributed by atoms with E-state index in [1.165, 1.54) is 0 Å². The molecule has 0 saturated carbocycles. The topological polar surface area (TPSA) is 81.8 Å². The summed E-state index contributed by atoms with van der Waals surface area (Å²) in [5, 5.41) is 10.0. The molecule has 0 amide bonds. The van der Waals surface area contributed by atoms with E-state index in [0.29, 0.717) is 5.82 Å². The number of aromatic nitrogens is 3. The molecular weight excluding hydrogens is 236 g/mol. The van der Waals surface area contributed by atoms with E-state index in [9.17, 15) is 0 Å². The van der Waals surface area contributed by atoms with E-state index in [2.05, 4.69) is 22.1 Å². The summed E-state index contributed by atoms with van der Waals surface area (Å²) in [4.78, 5) is 12.2. The van der Waals surface area contributed by atoms with E-state index < -0.39 is 0 Å². The van der Waals surface area contributed by atoms with Crippen LogP contribution in [0.2, 0.25) is 0 Å². The Morgan fingerprint density at radius 1 is 1.35 bits per heavy atom. The van der Waals surface area contributed by atoms with Crippen molar-refractivity contribution in [1.82, 2.24) is 15.2 Å². The summed E-state index contributed by atoms with van der Waals surface area (Å²) in [6.45, 7) is 5.97. The summed E-state index contributed by atoms with van der Waals surface area (Å²) in [6, 6.07) is 3.87. The molecule has 0 aliphatic heterocycles. The maximum absolute atomic E-state index is 8.00. The first-order valence-corrected chi connectivity index (χ1v) is 5.87. The van der Waals surface area contributed by atoms with E-state index in [-0.39, 0.29) is 0 Å². The van der Waals surface area contributed by atoms with Crippen LogP contribution in [-0.4, -0.2) is 22.0 Å². The smallest absolute Gasteiger partial charge is 0.151 e. The van der Waals surface area contributed by atoms with Crippen molar-refractivity contribution >= 4 is 23.9 Å². The lowest BCUT2D eigenvalue weighted by Gasteiger charge is -2.00. The zero-order valence-electron chi connectivity index (χ0n) is 9.80. The number of nitrogens with two attached hydrogens (primary N) is 1. The monoisotopic (exact) mass is 250 g/mol. The Morgan fingerprint density at radius 3 is 2.59 bits per heavy atom. The minimum Gasteiger partial charge on any atom is -0.383 e. The molecule has 0 aliphatic rings. The minimum absolute atomic E-state index is 0.522. The first-order valence-electron chi connectivity index (χ1n) is 5.05. The van der Waals surface area contributed by atoms with Gasteiger partial charge in [0.15, 0.2) is 5.01 Å². The summed E-state index contributed by atoms with van der Waals surface area (Å²) < 4.78 is 0. The fourth-order valence-electron chi connectivity index (χ4n) is 1.26. The second-order valence-electron chi connectivity index (χ2n) is 3.24. The van der Waals surface area contributed by atoms with Crippen molar-refractivity contribution in [3.63, 3.8) is 0 Å². The first-order chi connectivity index (χ1) is 8.20. The van der Waals surface area contributed by atoms with Crippen LogP contribution in [0, 0.1) is 6.92 Å². The highest BCUT2D eigenvalue weighted by Crippen LogP contribution is 2.27. The molecule has 2 aromatic heterocycles. The zero-order valence-corrected chi connectivity index (χ0v) is 10.6. The van der Waals surface area contributed by atoms with Crippen molar-refractivity contribution in [3.05, 3.63) is 22.8 Å². The predicted molar refractivity (Wildman–Crippen MR) is 68.8 cm³/mol. The molecule has 90 valence electrons. The lowest BCUT2D eigenvalue weighted by Crippen LogP contribution is -1.95. The average molecular weight is 250 g/mol. The number of carbonyl (C=O) groups is 1. The normalized spacial score (nSPS) is 9.53. The van der Waals surface area contributed by atoms with Crippen LogP contribution in [0.4, 0.5) is 5.82 Å². The van der Waals surface area contributed by atoms with Crippen LogP contribution in [-0.2, 0) is 11.2 Å². The van der Waals surface area contributed by atoms with Crippen molar-refractivity contribution in [2.24, 2.45) is 0 Å². The third-order valence-electron chi connectivity index (χ3n) is 2.06.